The van der Waals surface area contributed by atoms with Crippen molar-refractivity contribution in [2.45, 2.75) is 25.8 Å². The minimum atomic E-state index is 0.0775. The first-order valence-corrected chi connectivity index (χ1v) is 7.94. The number of ether oxygens (including phenoxy) is 3. The lowest BCUT2D eigenvalue weighted by Crippen LogP contribution is -2.32. The Kier molecular flexibility index (Phi) is 6.52. The lowest BCUT2D eigenvalue weighted by Gasteiger charge is -2.22. The maximum absolute atomic E-state index is 12.1. The van der Waals surface area contributed by atoms with E-state index >= 15 is 0 Å². The molecule has 1 aliphatic heterocycles. The largest absolute Gasteiger partial charge is 0.496 e. The zero-order valence-electron chi connectivity index (χ0n) is 14.1. The third-order valence-corrected chi connectivity index (χ3v) is 4.20. The van der Waals surface area contributed by atoms with Crippen molar-refractivity contribution in [1.29, 1.82) is 0 Å². The fourth-order valence-corrected chi connectivity index (χ4v) is 2.84. The Morgan fingerprint density at radius 2 is 1.70 bits per heavy atom. The van der Waals surface area contributed by atoms with Gasteiger partial charge in [0.1, 0.15) is 5.75 Å². The van der Waals surface area contributed by atoms with Gasteiger partial charge in [0, 0.05) is 24.6 Å². The van der Waals surface area contributed by atoms with Gasteiger partial charge in [-0.3, -0.25) is 4.79 Å². The number of benzene rings is 1. The zero-order valence-corrected chi connectivity index (χ0v) is 14.1. The molecule has 1 aromatic carbocycles. The summed E-state index contributed by atoms with van der Waals surface area (Å²) in [6, 6.07) is 3.61. The van der Waals surface area contributed by atoms with Crippen LogP contribution in [-0.2, 0) is 11.3 Å². The van der Waals surface area contributed by atoms with Crippen molar-refractivity contribution in [3.05, 3.63) is 17.7 Å². The number of methoxy groups -OCH3 is 3. The minimum absolute atomic E-state index is 0.0775. The molecule has 23 heavy (non-hydrogen) atoms. The lowest BCUT2D eigenvalue weighted by molar-refractivity contribution is -0.122. The molecule has 2 rings (SSSR count). The summed E-state index contributed by atoms with van der Waals surface area (Å²) in [7, 11) is 4.77. The molecule has 2 N–H and O–H groups in total. The maximum atomic E-state index is 12.1. The molecule has 0 aromatic heterocycles. The second kappa shape index (κ2) is 8.62. The normalized spacial score (nSPS) is 15.1. The van der Waals surface area contributed by atoms with E-state index in [2.05, 4.69) is 10.6 Å². The second-order valence-electron chi connectivity index (χ2n) is 5.69. The van der Waals surface area contributed by atoms with Gasteiger partial charge in [-0.15, -0.1) is 0 Å². The van der Waals surface area contributed by atoms with Crippen LogP contribution in [0.15, 0.2) is 12.1 Å². The Labute approximate surface area is 137 Å². The minimum Gasteiger partial charge on any atom is -0.496 e. The van der Waals surface area contributed by atoms with Crippen molar-refractivity contribution in [3.63, 3.8) is 0 Å². The molecule has 128 valence electrons. The van der Waals surface area contributed by atoms with Crippen LogP contribution in [0.5, 0.6) is 17.2 Å². The predicted octanol–water partition coefficient (Wildman–Crippen LogP) is 1.72. The van der Waals surface area contributed by atoms with Crippen molar-refractivity contribution in [2.24, 2.45) is 5.92 Å². The van der Waals surface area contributed by atoms with Crippen LogP contribution in [0, 0.1) is 5.92 Å². The molecule has 0 saturated carbocycles. The fourth-order valence-electron chi connectivity index (χ4n) is 2.84. The van der Waals surface area contributed by atoms with Gasteiger partial charge < -0.3 is 24.8 Å². The number of hydrogen-bond donors (Lipinski definition) is 2. The number of carbonyl (C=O) groups excluding carboxylic acids is 1. The Hall–Kier alpha value is -1.95. The van der Waals surface area contributed by atoms with Crippen LogP contribution < -0.4 is 24.8 Å². The quantitative estimate of drug-likeness (QED) is 0.800. The topological polar surface area (TPSA) is 68.8 Å². The molecule has 6 nitrogen and oxygen atoms in total. The molecule has 1 aromatic rings. The van der Waals surface area contributed by atoms with E-state index in [4.69, 9.17) is 14.2 Å². The number of rotatable bonds is 7. The van der Waals surface area contributed by atoms with E-state index in [9.17, 15) is 4.79 Å². The van der Waals surface area contributed by atoms with Crippen molar-refractivity contribution in [2.75, 3.05) is 34.4 Å². The summed E-state index contributed by atoms with van der Waals surface area (Å²) in [5, 5.41) is 6.28. The number of piperidine rings is 1. The van der Waals surface area contributed by atoms with Gasteiger partial charge in [0.15, 0.2) is 11.5 Å². The van der Waals surface area contributed by atoms with Gasteiger partial charge in [0.2, 0.25) is 5.91 Å². The second-order valence-corrected chi connectivity index (χ2v) is 5.69. The molecule has 0 unspecified atom stereocenters. The van der Waals surface area contributed by atoms with Crippen LogP contribution in [0.1, 0.15) is 24.8 Å². The van der Waals surface area contributed by atoms with Gasteiger partial charge in [0.25, 0.3) is 0 Å². The molecule has 1 saturated heterocycles. The molecule has 1 heterocycles. The van der Waals surface area contributed by atoms with Gasteiger partial charge >= 0.3 is 0 Å². The predicted molar refractivity (Wildman–Crippen MR) is 88.2 cm³/mol. The monoisotopic (exact) mass is 322 g/mol. The molecule has 6 heteroatoms. The first kappa shape index (κ1) is 17.4. The summed E-state index contributed by atoms with van der Waals surface area (Å²) < 4.78 is 15.9. The van der Waals surface area contributed by atoms with E-state index in [-0.39, 0.29) is 5.91 Å². The molecule has 0 radical (unpaired) electrons. The SMILES string of the molecule is COc1cc(OC)c(OC)cc1CNC(=O)CC1CCNCC1. The van der Waals surface area contributed by atoms with Gasteiger partial charge in [0.05, 0.1) is 21.3 Å². The van der Waals surface area contributed by atoms with Crippen molar-refractivity contribution >= 4 is 5.91 Å². The number of nitrogens with one attached hydrogen (secondary N) is 2. The first-order chi connectivity index (χ1) is 11.2. The standard InChI is InChI=1S/C17H26N2O4/c1-21-14-10-16(23-3)15(22-2)9-13(14)11-19-17(20)8-12-4-6-18-7-5-12/h9-10,12,18H,4-8,11H2,1-3H3,(H,19,20). The van der Waals surface area contributed by atoms with E-state index in [0.29, 0.717) is 36.1 Å². The van der Waals surface area contributed by atoms with E-state index in [0.717, 1.165) is 31.5 Å². The van der Waals surface area contributed by atoms with Crippen molar-refractivity contribution in [1.82, 2.24) is 10.6 Å². The van der Waals surface area contributed by atoms with E-state index in [1.165, 1.54) is 0 Å². The number of hydrogen-bond acceptors (Lipinski definition) is 5. The van der Waals surface area contributed by atoms with E-state index in [1.54, 1.807) is 27.4 Å². The van der Waals surface area contributed by atoms with E-state index in [1.807, 2.05) is 6.07 Å². The smallest absolute Gasteiger partial charge is 0.220 e. The Morgan fingerprint density at radius 1 is 1.09 bits per heavy atom. The summed E-state index contributed by atoms with van der Waals surface area (Å²) in [5.41, 5.74) is 0.865. The van der Waals surface area contributed by atoms with Crippen LogP contribution in [-0.4, -0.2) is 40.3 Å². The molecule has 1 aliphatic rings. The summed E-state index contributed by atoms with van der Waals surface area (Å²) in [6.07, 6.45) is 2.71. The third-order valence-electron chi connectivity index (χ3n) is 4.20. The van der Waals surface area contributed by atoms with Crippen LogP contribution in [0.3, 0.4) is 0 Å². The Balaban J connectivity index is 1.97. The summed E-state index contributed by atoms with van der Waals surface area (Å²) in [6.45, 7) is 2.41. The summed E-state index contributed by atoms with van der Waals surface area (Å²) >= 11 is 0. The van der Waals surface area contributed by atoms with Gasteiger partial charge in [-0.05, 0) is 37.9 Å². The highest BCUT2D eigenvalue weighted by molar-refractivity contribution is 5.76. The highest BCUT2D eigenvalue weighted by atomic mass is 16.5. The third kappa shape index (κ3) is 4.76. The maximum Gasteiger partial charge on any atom is 0.220 e. The number of carbonyl (C=O) groups is 1. The van der Waals surface area contributed by atoms with Gasteiger partial charge in [-0.2, -0.15) is 0 Å². The van der Waals surface area contributed by atoms with Crippen LogP contribution in [0.2, 0.25) is 0 Å². The Morgan fingerprint density at radius 3 is 2.30 bits per heavy atom. The first-order valence-electron chi connectivity index (χ1n) is 7.94. The number of amides is 1. The highest BCUT2D eigenvalue weighted by Crippen LogP contribution is 2.34. The van der Waals surface area contributed by atoms with E-state index < -0.39 is 0 Å². The van der Waals surface area contributed by atoms with Crippen LogP contribution in [0.4, 0.5) is 0 Å². The van der Waals surface area contributed by atoms with Crippen LogP contribution >= 0.6 is 0 Å². The molecular weight excluding hydrogens is 296 g/mol. The molecule has 1 fully saturated rings. The molecular formula is C17H26N2O4. The molecule has 0 aliphatic carbocycles. The lowest BCUT2D eigenvalue weighted by atomic mass is 9.94. The van der Waals surface area contributed by atoms with Crippen molar-refractivity contribution in [3.8, 4) is 17.2 Å². The average Bonchev–Trinajstić information content (AvgIpc) is 2.59. The van der Waals surface area contributed by atoms with Crippen LogP contribution in [0.25, 0.3) is 0 Å². The van der Waals surface area contributed by atoms with Gasteiger partial charge in [-0.25, -0.2) is 0 Å². The molecule has 0 atom stereocenters. The zero-order chi connectivity index (χ0) is 16.7. The average molecular weight is 322 g/mol. The molecule has 1 amide bonds. The van der Waals surface area contributed by atoms with Crippen molar-refractivity contribution < 1.29 is 19.0 Å². The Bertz CT molecular complexity index is 528. The molecule has 0 spiro atoms. The van der Waals surface area contributed by atoms with Gasteiger partial charge in [-0.1, -0.05) is 0 Å². The molecule has 0 bridgehead atoms. The highest BCUT2D eigenvalue weighted by Gasteiger charge is 2.17. The summed E-state index contributed by atoms with van der Waals surface area (Å²) in [5.74, 6) is 2.45. The summed E-state index contributed by atoms with van der Waals surface area (Å²) in [4.78, 5) is 12.1. The fraction of sp³-hybridized carbons (Fsp3) is 0.588.